The van der Waals surface area contributed by atoms with Crippen LogP contribution in [-0.2, 0) is 17.6 Å². The van der Waals surface area contributed by atoms with Crippen molar-refractivity contribution >= 4 is 5.78 Å². The average Bonchev–Trinajstić information content (AvgIpc) is 3.09. The van der Waals surface area contributed by atoms with E-state index in [0.717, 1.165) is 29.0 Å². The molecule has 0 atom stereocenters. The first-order valence-electron chi connectivity index (χ1n) is 8.00. The van der Waals surface area contributed by atoms with Gasteiger partial charge in [0.25, 0.3) is 0 Å². The number of carbonyl (C=O) groups is 1. The molecule has 0 aliphatic rings. The number of imidazole rings is 1. The van der Waals surface area contributed by atoms with Crippen LogP contribution in [0.1, 0.15) is 18.1 Å². The zero-order valence-corrected chi connectivity index (χ0v) is 13.7. The van der Waals surface area contributed by atoms with E-state index < -0.39 is 0 Å². The van der Waals surface area contributed by atoms with Gasteiger partial charge >= 0.3 is 0 Å². The maximum absolute atomic E-state index is 11.2. The number of ether oxygens (including phenoxy) is 1. The lowest BCUT2D eigenvalue weighted by Gasteiger charge is -2.11. The molecular formula is C20H20N2O2. The number of hydrogen-bond acceptors (Lipinski definition) is 3. The Morgan fingerprint density at radius 3 is 2.75 bits per heavy atom. The summed E-state index contributed by atoms with van der Waals surface area (Å²) in [6.45, 7) is 2.19. The molecule has 1 N–H and O–H groups in total. The Morgan fingerprint density at radius 2 is 1.96 bits per heavy atom. The minimum Gasteiger partial charge on any atom is -0.493 e. The van der Waals surface area contributed by atoms with Crippen LogP contribution in [-0.4, -0.2) is 22.4 Å². The number of aromatic amines is 1. The lowest BCUT2D eigenvalue weighted by Crippen LogP contribution is -2.03. The molecule has 0 saturated carbocycles. The number of nitrogens with zero attached hydrogens (tertiary/aromatic N) is 1. The van der Waals surface area contributed by atoms with Crippen LogP contribution in [0.4, 0.5) is 0 Å². The van der Waals surface area contributed by atoms with E-state index in [-0.39, 0.29) is 5.78 Å². The zero-order chi connectivity index (χ0) is 16.8. The molecule has 3 rings (SSSR count). The first-order valence-corrected chi connectivity index (χ1v) is 8.00. The highest BCUT2D eigenvalue weighted by Gasteiger charge is 2.07. The highest BCUT2D eigenvalue weighted by atomic mass is 16.5. The quantitative estimate of drug-likeness (QED) is 0.720. The van der Waals surface area contributed by atoms with Gasteiger partial charge in [-0.05, 0) is 30.2 Å². The molecule has 0 unspecified atom stereocenters. The summed E-state index contributed by atoms with van der Waals surface area (Å²) in [6.07, 6.45) is 4.72. The summed E-state index contributed by atoms with van der Waals surface area (Å²) in [5, 5.41) is 0. The third kappa shape index (κ3) is 4.10. The van der Waals surface area contributed by atoms with Gasteiger partial charge in [0.1, 0.15) is 11.5 Å². The highest BCUT2D eigenvalue weighted by molar-refractivity contribution is 5.78. The third-order valence-electron chi connectivity index (χ3n) is 3.77. The van der Waals surface area contributed by atoms with Crippen LogP contribution < -0.4 is 4.74 Å². The lowest BCUT2D eigenvalue weighted by atomic mass is 10.0. The normalized spacial score (nSPS) is 10.5. The first-order chi connectivity index (χ1) is 11.7. The van der Waals surface area contributed by atoms with E-state index in [1.165, 1.54) is 5.56 Å². The molecule has 4 heteroatoms. The standard InChI is InChI=1S/C20H20N2O2/c1-15(23)11-17-6-4-5-16(12-17)9-10-24-20-8-3-2-7-18(20)19-13-21-14-22-19/h2-8,12-14H,9-11H2,1H3,(H,21,22). The molecule has 0 aliphatic heterocycles. The number of benzene rings is 2. The highest BCUT2D eigenvalue weighted by Crippen LogP contribution is 2.27. The monoisotopic (exact) mass is 320 g/mol. The number of rotatable bonds is 7. The minimum atomic E-state index is 0.178. The van der Waals surface area contributed by atoms with Crippen LogP contribution in [0.2, 0.25) is 0 Å². The van der Waals surface area contributed by atoms with Crippen molar-refractivity contribution < 1.29 is 9.53 Å². The van der Waals surface area contributed by atoms with E-state index in [4.69, 9.17) is 4.74 Å². The van der Waals surface area contributed by atoms with Crippen molar-refractivity contribution in [2.24, 2.45) is 0 Å². The Bertz CT molecular complexity index is 810. The minimum absolute atomic E-state index is 0.178. The maximum Gasteiger partial charge on any atom is 0.134 e. The van der Waals surface area contributed by atoms with Crippen molar-refractivity contribution in [3.05, 3.63) is 72.2 Å². The van der Waals surface area contributed by atoms with Gasteiger partial charge in [-0.2, -0.15) is 0 Å². The summed E-state index contributed by atoms with van der Waals surface area (Å²) >= 11 is 0. The Hall–Kier alpha value is -2.88. The van der Waals surface area contributed by atoms with Crippen LogP contribution in [0.15, 0.2) is 61.1 Å². The molecular weight excluding hydrogens is 300 g/mol. The number of hydrogen-bond donors (Lipinski definition) is 1. The molecule has 2 aromatic carbocycles. The van der Waals surface area contributed by atoms with Gasteiger partial charge in [-0.1, -0.05) is 36.4 Å². The van der Waals surface area contributed by atoms with E-state index >= 15 is 0 Å². The van der Waals surface area contributed by atoms with E-state index in [1.54, 1.807) is 19.4 Å². The molecule has 24 heavy (non-hydrogen) atoms. The molecule has 122 valence electrons. The van der Waals surface area contributed by atoms with Crippen LogP contribution in [0, 0.1) is 0 Å². The van der Waals surface area contributed by atoms with Gasteiger partial charge in [0.05, 0.1) is 24.8 Å². The predicted octanol–water partition coefficient (Wildman–Crippen LogP) is 3.83. The molecule has 1 heterocycles. The summed E-state index contributed by atoms with van der Waals surface area (Å²) in [4.78, 5) is 18.4. The predicted molar refractivity (Wildman–Crippen MR) is 94.0 cm³/mol. The van der Waals surface area contributed by atoms with Gasteiger partial charge in [0.2, 0.25) is 0 Å². The average molecular weight is 320 g/mol. The number of H-pyrrole nitrogens is 1. The molecule has 0 spiro atoms. The number of carbonyl (C=O) groups excluding carboxylic acids is 1. The van der Waals surface area contributed by atoms with E-state index in [1.807, 2.05) is 36.4 Å². The molecule has 0 bridgehead atoms. The number of Topliss-reactive ketones (excluding diaryl/α,β-unsaturated/α-hetero) is 1. The van der Waals surface area contributed by atoms with Crippen molar-refractivity contribution in [2.45, 2.75) is 19.8 Å². The van der Waals surface area contributed by atoms with E-state index in [2.05, 4.69) is 22.1 Å². The third-order valence-corrected chi connectivity index (χ3v) is 3.77. The van der Waals surface area contributed by atoms with Gasteiger partial charge in [-0.3, -0.25) is 4.79 Å². The fraction of sp³-hybridized carbons (Fsp3) is 0.200. The molecule has 0 amide bonds. The smallest absolute Gasteiger partial charge is 0.134 e. The maximum atomic E-state index is 11.2. The molecule has 0 saturated heterocycles. The molecule has 0 aliphatic carbocycles. The Balaban J connectivity index is 1.64. The van der Waals surface area contributed by atoms with E-state index in [9.17, 15) is 4.79 Å². The fourth-order valence-electron chi connectivity index (χ4n) is 2.68. The summed E-state index contributed by atoms with van der Waals surface area (Å²) < 4.78 is 5.97. The van der Waals surface area contributed by atoms with Crippen LogP contribution >= 0.6 is 0 Å². The Morgan fingerprint density at radius 1 is 1.12 bits per heavy atom. The topological polar surface area (TPSA) is 55.0 Å². The number of nitrogens with one attached hydrogen (secondary N) is 1. The van der Waals surface area contributed by atoms with Crippen molar-refractivity contribution in [1.82, 2.24) is 9.97 Å². The van der Waals surface area contributed by atoms with Gasteiger partial charge in [0, 0.05) is 18.4 Å². The van der Waals surface area contributed by atoms with Crippen LogP contribution in [0.5, 0.6) is 5.75 Å². The number of ketones is 1. The van der Waals surface area contributed by atoms with Crippen LogP contribution in [0.25, 0.3) is 11.3 Å². The Labute approximate surface area is 141 Å². The second-order valence-corrected chi connectivity index (χ2v) is 5.76. The molecule has 3 aromatic rings. The lowest BCUT2D eigenvalue weighted by molar-refractivity contribution is -0.116. The van der Waals surface area contributed by atoms with Gasteiger partial charge < -0.3 is 9.72 Å². The summed E-state index contributed by atoms with van der Waals surface area (Å²) in [6, 6.07) is 16.0. The zero-order valence-electron chi connectivity index (χ0n) is 13.7. The Kier molecular flexibility index (Phi) is 5.06. The number of para-hydroxylation sites is 1. The first kappa shape index (κ1) is 16.0. The molecule has 0 fully saturated rings. The summed E-state index contributed by atoms with van der Waals surface area (Å²) in [5.74, 6) is 1.01. The second-order valence-electron chi connectivity index (χ2n) is 5.76. The van der Waals surface area contributed by atoms with Crippen molar-refractivity contribution in [3.63, 3.8) is 0 Å². The molecule has 1 aromatic heterocycles. The SMILES string of the molecule is CC(=O)Cc1cccc(CCOc2ccccc2-c2cnc[nH]2)c1. The van der Waals surface area contributed by atoms with Crippen molar-refractivity contribution in [2.75, 3.05) is 6.61 Å². The van der Waals surface area contributed by atoms with Gasteiger partial charge in [0.15, 0.2) is 0 Å². The van der Waals surface area contributed by atoms with Gasteiger partial charge in [-0.15, -0.1) is 0 Å². The summed E-state index contributed by atoms with van der Waals surface area (Å²) in [5.41, 5.74) is 4.17. The number of aromatic nitrogens is 2. The second kappa shape index (κ2) is 7.59. The van der Waals surface area contributed by atoms with Gasteiger partial charge in [-0.25, -0.2) is 4.98 Å². The van der Waals surface area contributed by atoms with Crippen molar-refractivity contribution in [1.29, 1.82) is 0 Å². The van der Waals surface area contributed by atoms with Crippen LogP contribution in [0.3, 0.4) is 0 Å². The summed E-state index contributed by atoms with van der Waals surface area (Å²) in [7, 11) is 0. The largest absolute Gasteiger partial charge is 0.493 e. The van der Waals surface area contributed by atoms with Crippen molar-refractivity contribution in [3.8, 4) is 17.0 Å². The molecule has 0 radical (unpaired) electrons. The van der Waals surface area contributed by atoms with E-state index in [0.29, 0.717) is 13.0 Å². The molecule has 4 nitrogen and oxygen atoms in total. The fourth-order valence-corrected chi connectivity index (χ4v) is 2.68.